The van der Waals surface area contributed by atoms with E-state index in [9.17, 15) is 0 Å². The Hall–Kier alpha value is -0.900. The number of hydrogen-bond acceptors (Lipinski definition) is 4. The van der Waals surface area contributed by atoms with Gasteiger partial charge in [0, 0.05) is 33.9 Å². The van der Waals surface area contributed by atoms with Crippen LogP contribution in [0.25, 0.3) is 0 Å². The fraction of sp³-hybridized carbons (Fsp3) is 0.786. The predicted molar refractivity (Wildman–Crippen MR) is 99.7 cm³/mol. The molecule has 0 unspecified atom stereocenters. The lowest BCUT2D eigenvalue weighted by Gasteiger charge is -2.11. The molecule has 0 amide bonds. The maximum atomic E-state index is 5.52. The standard InChI is InChI=1S/C14H28N6O.HI/c1-5-6-9-21-10-7-8-16-14(15-3)17-11-13-19-18-12(2)20(13)4;/h5-11H2,1-4H3,(H2,15,16,17);1H. The molecule has 22 heavy (non-hydrogen) atoms. The number of aryl methyl sites for hydroxylation is 1. The Morgan fingerprint density at radius 2 is 1.95 bits per heavy atom. The minimum Gasteiger partial charge on any atom is -0.381 e. The van der Waals surface area contributed by atoms with E-state index in [2.05, 4.69) is 32.7 Å². The van der Waals surface area contributed by atoms with Crippen molar-refractivity contribution in [3.05, 3.63) is 11.6 Å². The molecule has 0 aromatic carbocycles. The van der Waals surface area contributed by atoms with E-state index in [0.717, 1.165) is 50.2 Å². The van der Waals surface area contributed by atoms with Crippen LogP contribution in [0, 0.1) is 6.92 Å². The van der Waals surface area contributed by atoms with Crippen molar-refractivity contribution in [2.45, 2.75) is 39.7 Å². The zero-order valence-electron chi connectivity index (χ0n) is 14.1. The maximum Gasteiger partial charge on any atom is 0.191 e. The fourth-order valence-corrected chi connectivity index (χ4v) is 1.72. The molecule has 2 N–H and O–H groups in total. The number of guanidine groups is 1. The third-order valence-electron chi connectivity index (χ3n) is 3.22. The van der Waals surface area contributed by atoms with Gasteiger partial charge in [0.05, 0.1) is 6.54 Å². The summed E-state index contributed by atoms with van der Waals surface area (Å²) in [5.74, 6) is 2.56. The van der Waals surface area contributed by atoms with Crippen molar-refractivity contribution in [1.29, 1.82) is 0 Å². The third kappa shape index (κ3) is 7.92. The molecule has 0 atom stereocenters. The van der Waals surface area contributed by atoms with Crippen molar-refractivity contribution in [3.8, 4) is 0 Å². The summed E-state index contributed by atoms with van der Waals surface area (Å²) in [6.07, 6.45) is 3.28. The van der Waals surface area contributed by atoms with Crippen LogP contribution < -0.4 is 10.6 Å². The van der Waals surface area contributed by atoms with Crippen LogP contribution >= 0.6 is 24.0 Å². The van der Waals surface area contributed by atoms with Crippen LogP contribution in [0.3, 0.4) is 0 Å². The van der Waals surface area contributed by atoms with Crippen molar-refractivity contribution in [2.75, 3.05) is 26.8 Å². The monoisotopic (exact) mass is 424 g/mol. The number of hydrogen-bond donors (Lipinski definition) is 2. The highest BCUT2D eigenvalue weighted by Gasteiger charge is 2.05. The van der Waals surface area contributed by atoms with E-state index in [-0.39, 0.29) is 24.0 Å². The first kappa shape index (κ1) is 21.1. The van der Waals surface area contributed by atoms with Gasteiger partial charge in [-0.3, -0.25) is 4.99 Å². The Morgan fingerprint density at radius 3 is 2.55 bits per heavy atom. The molecule has 0 saturated heterocycles. The van der Waals surface area contributed by atoms with Gasteiger partial charge >= 0.3 is 0 Å². The van der Waals surface area contributed by atoms with Crippen LogP contribution in [0.1, 0.15) is 37.8 Å². The number of rotatable bonds is 9. The summed E-state index contributed by atoms with van der Waals surface area (Å²) in [5.41, 5.74) is 0. The average Bonchev–Trinajstić information content (AvgIpc) is 2.81. The van der Waals surface area contributed by atoms with Gasteiger partial charge in [0.25, 0.3) is 0 Å². The molecule has 128 valence electrons. The molecule has 0 spiro atoms. The highest BCUT2D eigenvalue weighted by atomic mass is 127. The second-order valence-corrected chi connectivity index (χ2v) is 4.89. The van der Waals surface area contributed by atoms with Gasteiger partial charge in [0.1, 0.15) is 5.82 Å². The van der Waals surface area contributed by atoms with Crippen LogP contribution in [0.5, 0.6) is 0 Å². The van der Waals surface area contributed by atoms with E-state index >= 15 is 0 Å². The Morgan fingerprint density at radius 1 is 1.23 bits per heavy atom. The lowest BCUT2D eigenvalue weighted by Crippen LogP contribution is -2.38. The quantitative estimate of drug-likeness (QED) is 0.273. The summed E-state index contributed by atoms with van der Waals surface area (Å²) in [4.78, 5) is 4.18. The lowest BCUT2D eigenvalue weighted by atomic mass is 10.4. The van der Waals surface area contributed by atoms with Gasteiger partial charge in [0.15, 0.2) is 11.8 Å². The second kappa shape index (κ2) is 12.6. The first-order chi connectivity index (χ1) is 10.2. The van der Waals surface area contributed by atoms with Gasteiger partial charge in [-0.1, -0.05) is 13.3 Å². The molecule has 1 aromatic heterocycles. The van der Waals surface area contributed by atoms with Gasteiger partial charge in [-0.05, 0) is 19.8 Å². The molecular weight excluding hydrogens is 395 g/mol. The molecule has 1 heterocycles. The highest BCUT2D eigenvalue weighted by Crippen LogP contribution is 1.96. The van der Waals surface area contributed by atoms with Crippen molar-refractivity contribution < 1.29 is 4.74 Å². The fourth-order valence-electron chi connectivity index (χ4n) is 1.72. The maximum absolute atomic E-state index is 5.52. The number of aromatic nitrogens is 3. The smallest absolute Gasteiger partial charge is 0.191 e. The zero-order chi connectivity index (χ0) is 15.5. The molecular formula is C14H29IN6O. The molecule has 0 radical (unpaired) electrons. The van der Waals surface area contributed by atoms with E-state index in [1.54, 1.807) is 7.05 Å². The minimum absolute atomic E-state index is 0. The van der Waals surface area contributed by atoms with Crippen molar-refractivity contribution in [2.24, 2.45) is 12.0 Å². The van der Waals surface area contributed by atoms with E-state index < -0.39 is 0 Å². The van der Waals surface area contributed by atoms with E-state index in [0.29, 0.717) is 6.54 Å². The highest BCUT2D eigenvalue weighted by molar-refractivity contribution is 14.0. The van der Waals surface area contributed by atoms with Crippen LogP contribution in [-0.2, 0) is 18.3 Å². The molecule has 0 aliphatic heterocycles. The molecule has 1 rings (SSSR count). The molecule has 0 bridgehead atoms. The molecule has 7 nitrogen and oxygen atoms in total. The molecule has 8 heteroatoms. The topological polar surface area (TPSA) is 76.4 Å². The van der Waals surface area contributed by atoms with Crippen LogP contribution in [-0.4, -0.2) is 47.5 Å². The van der Waals surface area contributed by atoms with Crippen molar-refractivity contribution in [3.63, 3.8) is 0 Å². The van der Waals surface area contributed by atoms with Gasteiger partial charge < -0.3 is 19.9 Å². The van der Waals surface area contributed by atoms with Crippen LogP contribution in [0.15, 0.2) is 4.99 Å². The van der Waals surface area contributed by atoms with Gasteiger partial charge in [0.2, 0.25) is 0 Å². The normalized spacial score (nSPS) is 11.2. The van der Waals surface area contributed by atoms with E-state index in [1.165, 1.54) is 6.42 Å². The van der Waals surface area contributed by atoms with Crippen LogP contribution in [0.2, 0.25) is 0 Å². The molecule has 0 fully saturated rings. The first-order valence-corrected chi connectivity index (χ1v) is 7.56. The van der Waals surface area contributed by atoms with Gasteiger partial charge in [-0.25, -0.2) is 0 Å². The molecule has 0 aliphatic rings. The summed E-state index contributed by atoms with van der Waals surface area (Å²) in [5, 5.41) is 14.6. The second-order valence-electron chi connectivity index (χ2n) is 4.89. The Balaban J connectivity index is 0.00000441. The third-order valence-corrected chi connectivity index (χ3v) is 3.22. The minimum atomic E-state index is 0. The predicted octanol–water partition coefficient (Wildman–Crippen LogP) is 1.61. The number of aliphatic imine (C=N–C) groups is 1. The number of unbranched alkanes of at least 4 members (excludes halogenated alkanes) is 1. The first-order valence-electron chi connectivity index (χ1n) is 7.56. The molecule has 0 saturated carbocycles. The largest absolute Gasteiger partial charge is 0.381 e. The number of nitrogens with one attached hydrogen (secondary N) is 2. The Bertz CT molecular complexity index is 435. The molecule has 1 aromatic rings. The average molecular weight is 424 g/mol. The lowest BCUT2D eigenvalue weighted by molar-refractivity contribution is 0.129. The van der Waals surface area contributed by atoms with Crippen molar-refractivity contribution in [1.82, 2.24) is 25.4 Å². The number of nitrogens with zero attached hydrogens (tertiary/aromatic N) is 4. The van der Waals surface area contributed by atoms with Crippen LogP contribution in [0.4, 0.5) is 0 Å². The Kier molecular flexibility index (Phi) is 12.1. The van der Waals surface area contributed by atoms with Gasteiger partial charge in [-0.2, -0.15) is 0 Å². The van der Waals surface area contributed by atoms with Crippen molar-refractivity contribution >= 4 is 29.9 Å². The summed E-state index contributed by atoms with van der Waals surface area (Å²) in [6.45, 7) is 7.18. The summed E-state index contributed by atoms with van der Waals surface area (Å²) in [6, 6.07) is 0. The summed E-state index contributed by atoms with van der Waals surface area (Å²) < 4.78 is 7.48. The summed E-state index contributed by atoms with van der Waals surface area (Å²) in [7, 11) is 3.71. The number of ether oxygens (including phenoxy) is 1. The van der Waals surface area contributed by atoms with E-state index in [1.807, 2.05) is 18.5 Å². The molecule has 0 aliphatic carbocycles. The SMILES string of the molecule is CCCCOCCCNC(=NC)NCc1nnc(C)n1C.I. The zero-order valence-corrected chi connectivity index (χ0v) is 16.4. The Labute approximate surface area is 150 Å². The number of halogens is 1. The summed E-state index contributed by atoms with van der Waals surface area (Å²) >= 11 is 0. The van der Waals surface area contributed by atoms with E-state index in [4.69, 9.17) is 4.74 Å². The van der Waals surface area contributed by atoms with Gasteiger partial charge in [-0.15, -0.1) is 34.2 Å².